The molecule has 1 saturated heterocycles. The van der Waals surface area contributed by atoms with Crippen LogP contribution in [-0.4, -0.2) is 81.9 Å². The van der Waals surface area contributed by atoms with Crippen LogP contribution in [0, 0.1) is 25.6 Å². The molecule has 2 aromatic heterocycles. The molecule has 3 N–H and O–H groups in total. The van der Waals surface area contributed by atoms with Crippen molar-refractivity contribution in [3.63, 3.8) is 0 Å². The number of furan rings is 1. The summed E-state index contributed by atoms with van der Waals surface area (Å²) in [4.78, 5) is 66.1. The predicted octanol–water partition coefficient (Wildman–Crippen LogP) is 3.52. The number of carbonyl (C=O) groups excluding carboxylic acids is 4. The molecule has 2 aliphatic heterocycles. The lowest BCUT2D eigenvalue weighted by atomic mass is 10.0. The molecular weight excluding hydrogens is 708 g/mol. The van der Waals surface area contributed by atoms with E-state index in [1.807, 2.05) is 12.2 Å². The summed E-state index contributed by atoms with van der Waals surface area (Å²) in [7, 11) is -4.01. The van der Waals surface area contributed by atoms with Crippen LogP contribution in [0.4, 0.5) is 4.39 Å². The van der Waals surface area contributed by atoms with Crippen molar-refractivity contribution < 1.29 is 41.1 Å². The summed E-state index contributed by atoms with van der Waals surface area (Å²) < 4.78 is 53.2. The summed E-state index contributed by atoms with van der Waals surface area (Å²) in [6.07, 6.45) is 7.05. The van der Waals surface area contributed by atoms with E-state index in [0.717, 1.165) is 12.8 Å². The Kier molecular flexibility index (Phi) is 9.53. The van der Waals surface area contributed by atoms with Crippen LogP contribution in [0.25, 0.3) is 11.0 Å². The monoisotopic (exact) mass is 750 g/mol. The first-order valence-electron chi connectivity index (χ1n) is 18.0. The normalized spacial score (nSPS) is 27.7. The van der Waals surface area contributed by atoms with Crippen molar-refractivity contribution in [1.29, 1.82) is 0 Å². The van der Waals surface area contributed by atoms with Gasteiger partial charge in [0.15, 0.2) is 5.76 Å². The Balaban J connectivity index is 1.20. The first-order chi connectivity index (χ1) is 25.2. The molecule has 0 radical (unpaired) electrons. The molecule has 4 aliphatic rings. The minimum Gasteiger partial charge on any atom is -0.471 e. The second-order valence-corrected chi connectivity index (χ2v) is 17.1. The highest BCUT2D eigenvalue weighted by molar-refractivity contribution is 7.91. The predicted molar refractivity (Wildman–Crippen MR) is 189 cm³/mol. The van der Waals surface area contributed by atoms with E-state index in [2.05, 4.69) is 25.3 Å². The van der Waals surface area contributed by atoms with Crippen LogP contribution in [0.1, 0.15) is 86.7 Å². The number of rotatable bonds is 7. The molecule has 53 heavy (non-hydrogen) atoms. The third-order valence-corrected chi connectivity index (χ3v) is 12.9. The lowest BCUT2D eigenvalue weighted by Crippen LogP contribution is -2.58. The number of fused-ring (bicyclic) bond motifs is 3. The van der Waals surface area contributed by atoms with Gasteiger partial charge in [0, 0.05) is 18.4 Å². The molecule has 2 aliphatic carbocycles. The Hall–Kier alpha value is -4.86. The number of hydrogen-bond donors (Lipinski definition) is 3. The number of nitrogens with one attached hydrogen (secondary N) is 3. The number of ether oxygens (including phenoxy) is 1. The molecule has 0 spiro atoms. The highest BCUT2D eigenvalue weighted by Crippen LogP contribution is 2.47. The number of sulfonamides is 1. The first-order valence-corrected chi connectivity index (χ1v) is 19.5. The fourth-order valence-electron chi connectivity index (χ4n) is 7.10. The summed E-state index contributed by atoms with van der Waals surface area (Å²) >= 11 is 0. The van der Waals surface area contributed by atoms with Crippen LogP contribution in [0.2, 0.25) is 0 Å². The average Bonchev–Trinajstić information content (AvgIpc) is 3.91. The van der Waals surface area contributed by atoms with E-state index in [9.17, 15) is 32.0 Å². The van der Waals surface area contributed by atoms with E-state index in [0.29, 0.717) is 42.7 Å². The van der Waals surface area contributed by atoms with Crippen LogP contribution in [0.5, 0.6) is 5.88 Å². The van der Waals surface area contributed by atoms with E-state index in [1.54, 1.807) is 26.8 Å². The second-order valence-electron chi connectivity index (χ2n) is 14.9. The van der Waals surface area contributed by atoms with Gasteiger partial charge in [0.25, 0.3) is 11.8 Å². The number of hydrogen-bond acceptors (Lipinski definition) is 10. The zero-order valence-corrected chi connectivity index (χ0v) is 30.6. The van der Waals surface area contributed by atoms with Crippen molar-refractivity contribution in [2.24, 2.45) is 5.92 Å². The SMILES string of the molecule is Cc1ccc(C(=O)N[C@H]2CCCCC/C=C\C3C[C@@]3(C(=O)NS(=O)(=O)C3(C)CC3)NC(=O)[C@@H]3C[C@@H](Oc4nc5cc(F)ccc5nc4C)CN3C2=O)o1. The lowest BCUT2D eigenvalue weighted by Gasteiger charge is -2.30. The number of halogens is 1. The van der Waals surface area contributed by atoms with Crippen molar-refractivity contribution in [2.75, 3.05) is 6.54 Å². The number of allylic oxidation sites excluding steroid dienone is 1. The summed E-state index contributed by atoms with van der Waals surface area (Å²) in [5.74, 6) is -2.90. The molecule has 1 aromatic carbocycles. The second kappa shape index (κ2) is 13.8. The van der Waals surface area contributed by atoms with Crippen LogP contribution in [0.3, 0.4) is 0 Å². The fraction of sp³-hybridized carbons (Fsp3) is 0.514. The zero-order chi connectivity index (χ0) is 37.7. The molecule has 1 unspecified atom stereocenters. The maximum Gasteiger partial charge on any atom is 0.287 e. The van der Waals surface area contributed by atoms with Crippen molar-refractivity contribution >= 4 is 44.7 Å². The third kappa shape index (κ3) is 7.37. The molecule has 4 amide bonds. The maximum absolute atomic E-state index is 14.5. The molecule has 4 heterocycles. The number of amides is 4. The van der Waals surface area contributed by atoms with Gasteiger partial charge in [-0.3, -0.25) is 23.9 Å². The van der Waals surface area contributed by atoms with Crippen LogP contribution < -0.4 is 20.1 Å². The Morgan fingerprint density at radius 3 is 2.60 bits per heavy atom. The summed E-state index contributed by atoms with van der Waals surface area (Å²) in [5, 5.41) is 5.65. The van der Waals surface area contributed by atoms with Gasteiger partial charge < -0.3 is 24.7 Å². The van der Waals surface area contributed by atoms with Crippen molar-refractivity contribution in [2.45, 2.75) is 107 Å². The van der Waals surface area contributed by atoms with E-state index >= 15 is 0 Å². The Bertz CT molecular complexity index is 2120. The van der Waals surface area contributed by atoms with Gasteiger partial charge in [-0.15, -0.1) is 0 Å². The molecule has 3 aromatic rings. The minimum absolute atomic E-state index is 0.0213. The van der Waals surface area contributed by atoms with Gasteiger partial charge in [-0.1, -0.05) is 25.0 Å². The van der Waals surface area contributed by atoms with Crippen molar-refractivity contribution in [3.8, 4) is 5.88 Å². The maximum atomic E-state index is 14.5. The molecule has 282 valence electrons. The Morgan fingerprint density at radius 1 is 1.08 bits per heavy atom. The number of aromatic nitrogens is 2. The highest BCUT2D eigenvalue weighted by Gasteiger charge is 2.63. The molecule has 2 saturated carbocycles. The molecule has 5 atom stereocenters. The zero-order valence-electron chi connectivity index (χ0n) is 29.8. The van der Waals surface area contributed by atoms with Gasteiger partial charge in [-0.25, -0.2) is 22.8 Å². The van der Waals surface area contributed by atoms with E-state index in [1.165, 1.54) is 29.2 Å². The number of carbonyl (C=O) groups is 4. The van der Waals surface area contributed by atoms with E-state index in [-0.39, 0.29) is 43.0 Å². The Labute approximate surface area is 306 Å². The largest absolute Gasteiger partial charge is 0.471 e. The minimum atomic E-state index is -4.01. The van der Waals surface area contributed by atoms with Gasteiger partial charge in [0.1, 0.15) is 41.0 Å². The van der Waals surface area contributed by atoms with E-state index in [4.69, 9.17) is 9.15 Å². The van der Waals surface area contributed by atoms with Crippen LogP contribution >= 0.6 is 0 Å². The lowest BCUT2D eigenvalue weighted by molar-refractivity contribution is -0.141. The van der Waals surface area contributed by atoms with Crippen molar-refractivity contribution in [3.05, 3.63) is 65.5 Å². The summed E-state index contributed by atoms with van der Waals surface area (Å²) in [6, 6.07) is 4.98. The number of aryl methyl sites for hydroxylation is 2. The van der Waals surface area contributed by atoms with Crippen LogP contribution in [0.15, 0.2) is 46.9 Å². The molecule has 14 nitrogen and oxygen atoms in total. The standard InChI is InChI=1S/C37H43FN6O8S/c1-21-11-14-30(51-21)32(46)40-27-10-8-6-4-5-7-9-23-19-37(23,35(48)43-53(49,50)36(3)15-16-36)42-31(45)29-18-25(20-44(29)34(27)47)52-33-22(2)39-26-13-12-24(38)17-28(26)41-33/h7,9,11-14,17,23,25,27,29H,4-6,8,10,15-16,18-20H2,1-3H3,(H,40,46)(H,42,45)(H,43,48)/b9-7-/t23?,25-,27+,29+,37-/m1/s1. The number of benzene rings is 1. The molecular formula is C37H43FN6O8S. The van der Waals surface area contributed by atoms with Gasteiger partial charge >= 0.3 is 0 Å². The van der Waals surface area contributed by atoms with Gasteiger partial charge in [0.2, 0.25) is 27.7 Å². The summed E-state index contributed by atoms with van der Waals surface area (Å²) in [6.45, 7) is 4.87. The first kappa shape index (κ1) is 36.5. The van der Waals surface area contributed by atoms with E-state index < -0.39 is 73.9 Å². The molecule has 7 rings (SSSR count). The fourth-order valence-corrected chi connectivity index (χ4v) is 8.41. The summed E-state index contributed by atoms with van der Waals surface area (Å²) in [5.41, 5.74) is -0.407. The topological polar surface area (TPSA) is 190 Å². The van der Waals surface area contributed by atoms with Gasteiger partial charge in [0.05, 0.1) is 22.3 Å². The van der Waals surface area contributed by atoms with Crippen molar-refractivity contribution in [1.82, 2.24) is 30.2 Å². The molecule has 0 bridgehead atoms. The van der Waals surface area contributed by atoms with Gasteiger partial charge in [-0.2, -0.15) is 0 Å². The number of nitrogens with zero attached hydrogens (tertiary/aromatic N) is 3. The smallest absolute Gasteiger partial charge is 0.287 e. The average molecular weight is 751 g/mol. The van der Waals surface area contributed by atoms with Gasteiger partial charge in [-0.05, 0) is 83.6 Å². The molecule has 16 heteroatoms. The highest BCUT2D eigenvalue weighted by atomic mass is 32.2. The van der Waals surface area contributed by atoms with Crippen LogP contribution in [-0.2, 0) is 24.4 Å². The third-order valence-electron chi connectivity index (χ3n) is 10.8. The quantitative estimate of drug-likeness (QED) is 0.302. The molecule has 3 fully saturated rings. The Morgan fingerprint density at radius 2 is 1.87 bits per heavy atom.